The fourth-order valence-corrected chi connectivity index (χ4v) is 3.83. The number of hydrogen-bond donors (Lipinski definition) is 0. The first-order chi connectivity index (χ1) is 15.8. The van der Waals surface area contributed by atoms with E-state index in [9.17, 15) is 0 Å². The van der Waals surface area contributed by atoms with Crippen LogP contribution >= 0.6 is 0 Å². The average Bonchev–Trinajstić information content (AvgIpc) is 3.64. The minimum Gasteiger partial charge on any atom is -0.497 e. The Morgan fingerprint density at radius 3 is 1.56 bits per heavy atom. The van der Waals surface area contributed by atoms with Crippen LogP contribution in [0.5, 0.6) is 17.2 Å². The highest BCUT2D eigenvalue weighted by atomic mass is 16.6. The first kappa shape index (κ1) is 20.9. The van der Waals surface area contributed by atoms with Gasteiger partial charge in [-0.2, -0.15) is 0 Å². The zero-order chi connectivity index (χ0) is 21.8. The highest BCUT2D eigenvalue weighted by Crippen LogP contribution is 2.34. The monoisotopic (exact) mass is 432 g/mol. The topological polar surface area (TPSA) is 49.5 Å². The summed E-state index contributed by atoms with van der Waals surface area (Å²) >= 11 is 0. The number of methoxy groups -OCH3 is 1. The van der Waals surface area contributed by atoms with Crippen LogP contribution in [0.25, 0.3) is 0 Å². The van der Waals surface area contributed by atoms with Crippen LogP contribution in [0.4, 0.5) is 0 Å². The van der Waals surface area contributed by atoms with Gasteiger partial charge in [0.15, 0.2) is 0 Å². The zero-order valence-corrected chi connectivity index (χ0v) is 18.2. The lowest BCUT2D eigenvalue weighted by molar-refractivity contribution is -0.0508. The number of epoxide rings is 1. The Hall–Kier alpha value is -3.02. The van der Waals surface area contributed by atoms with E-state index in [4.69, 9.17) is 23.7 Å². The Morgan fingerprint density at radius 1 is 0.688 bits per heavy atom. The summed E-state index contributed by atoms with van der Waals surface area (Å²) in [5.41, 5.74) is 3.60. The molecule has 0 saturated carbocycles. The molecule has 2 aliphatic rings. The van der Waals surface area contributed by atoms with E-state index in [-0.39, 0.29) is 12.0 Å². The summed E-state index contributed by atoms with van der Waals surface area (Å²) in [4.78, 5) is 0. The maximum absolute atomic E-state index is 5.93. The van der Waals surface area contributed by atoms with Gasteiger partial charge in [0.1, 0.15) is 30.0 Å². The quantitative estimate of drug-likeness (QED) is 0.344. The van der Waals surface area contributed by atoms with E-state index in [2.05, 4.69) is 48.5 Å². The molecule has 2 heterocycles. The van der Waals surface area contributed by atoms with E-state index in [1.807, 2.05) is 24.3 Å². The Morgan fingerprint density at radius 2 is 1.16 bits per heavy atom. The van der Waals surface area contributed by atoms with Crippen molar-refractivity contribution in [3.8, 4) is 17.2 Å². The fraction of sp³-hybridized carbons (Fsp3) is 0.333. The maximum atomic E-state index is 5.93. The van der Waals surface area contributed by atoms with Crippen LogP contribution in [0.3, 0.4) is 0 Å². The minimum absolute atomic E-state index is 0.0933. The average molecular weight is 433 g/mol. The van der Waals surface area contributed by atoms with E-state index in [0.717, 1.165) is 37.1 Å². The summed E-state index contributed by atoms with van der Waals surface area (Å²) in [5, 5.41) is 0. The van der Waals surface area contributed by atoms with Gasteiger partial charge in [0.2, 0.25) is 0 Å². The molecule has 2 atom stereocenters. The van der Waals surface area contributed by atoms with Crippen molar-refractivity contribution in [2.75, 3.05) is 40.1 Å². The highest BCUT2D eigenvalue weighted by Gasteiger charge is 2.23. The molecule has 0 N–H and O–H groups in total. The molecule has 166 valence electrons. The second-order valence-electron chi connectivity index (χ2n) is 8.33. The first-order valence-electron chi connectivity index (χ1n) is 11.1. The lowest BCUT2D eigenvalue weighted by atomic mass is 9.85. The lowest BCUT2D eigenvalue weighted by Crippen LogP contribution is -2.32. The molecule has 3 aromatic carbocycles. The second-order valence-corrected chi connectivity index (χ2v) is 8.33. The largest absolute Gasteiger partial charge is 0.497 e. The van der Waals surface area contributed by atoms with E-state index in [1.54, 1.807) is 7.11 Å². The third kappa shape index (κ3) is 5.06. The SMILES string of the molecule is COc1ccc(C(c2ccc(OCC3COC3)cc2)c2ccc(OCC3CO3)cc2)cc1. The van der Waals surface area contributed by atoms with Crippen molar-refractivity contribution in [3.63, 3.8) is 0 Å². The maximum Gasteiger partial charge on any atom is 0.119 e. The molecule has 5 rings (SSSR count). The van der Waals surface area contributed by atoms with E-state index < -0.39 is 0 Å². The Labute approximate surface area is 188 Å². The molecule has 0 aliphatic carbocycles. The van der Waals surface area contributed by atoms with Crippen molar-refractivity contribution < 1.29 is 23.7 Å². The van der Waals surface area contributed by atoms with Gasteiger partial charge in [-0.3, -0.25) is 0 Å². The molecule has 0 amide bonds. The molecule has 2 aliphatic heterocycles. The molecule has 0 spiro atoms. The van der Waals surface area contributed by atoms with Crippen molar-refractivity contribution in [1.82, 2.24) is 0 Å². The van der Waals surface area contributed by atoms with Crippen LogP contribution in [0, 0.1) is 5.92 Å². The summed E-state index contributed by atoms with van der Waals surface area (Å²) < 4.78 is 27.5. The molecule has 2 saturated heterocycles. The number of ether oxygens (including phenoxy) is 5. The van der Waals surface area contributed by atoms with Gasteiger partial charge >= 0.3 is 0 Å². The molecule has 0 bridgehead atoms. The standard InChI is InChI=1S/C27H28O5/c1-28-23-8-2-20(3-9-23)27(22-6-12-25(13-7-22)31-17-26-18-32-26)21-4-10-24(11-5-21)30-16-19-14-29-15-19/h2-13,19,26-27H,14-18H2,1H3. The third-order valence-corrected chi connectivity index (χ3v) is 5.91. The number of benzene rings is 3. The van der Waals surface area contributed by atoms with Gasteiger partial charge < -0.3 is 23.7 Å². The summed E-state index contributed by atoms with van der Waals surface area (Å²) in [6.07, 6.45) is 0.249. The van der Waals surface area contributed by atoms with Crippen LogP contribution < -0.4 is 14.2 Å². The minimum atomic E-state index is 0.0933. The molecule has 5 heteroatoms. The Kier molecular flexibility index (Phi) is 6.28. The molecular formula is C27H28O5. The fourth-order valence-electron chi connectivity index (χ4n) is 3.83. The summed E-state index contributed by atoms with van der Waals surface area (Å²) in [5.74, 6) is 3.20. The summed E-state index contributed by atoms with van der Waals surface area (Å²) in [7, 11) is 1.69. The molecule has 0 aromatic heterocycles. The second kappa shape index (κ2) is 9.63. The third-order valence-electron chi connectivity index (χ3n) is 5.91. The van der Waals surface area contributed by atoms with Crippen LogP contribution in [-0.4, -0.2) is 46.2 Å². The number of rotatable bonds is 10. The van der Waals surface area contributed by atoms with Crippen LogP contribution in [0.1, 0.15) is 22.6 Å². The molecule has 32 heavy (non-hydrogen) atoms. The van der Waals surface area contributed by atoms with Gasteiger partial charge in [-0.25, -0.2) is 0 Å². The molecule has 2 fully saturated rings. The van der Waals surface area contributed by atoms with Crippen LogP contribution in [-0.2, 0) is 9.47 Å². The van der Waals surface area contributed by atoms with Crippen molar-refractivity contribution in [1.29, 1.82) is 0 Å². The van der Waals surface area contributed by atoms with Gasteiger partial charge in [0, 0.05) is 11.8 Å². The molecule has 3 aromatic rings. The predicted octanol–water partition coefficient (Wildman–Crippen LogP) is 4.68. The van der Waals surface area contributed by atoms with Crippen molar-refractivity contribution >= 4 is 0 Å². The smallest absolute Gasteiger partial charge is 0.119 e. The van der Waals surface area contributed by atoms with E-state index in [0.29, 0.717) is 19.1 Å². The van der Waals surface area contributed by atoms with E-state index in [1.165, 1.54) is 16.7 Å². The van der Waals surface area contributed by atoms with E-state index >= 15 is 0 Å². The van der Waals surface area contributed by atoms with Crippen LogP contribution in [0.2, 0.25) is 0 Å². The molecule has 5 nitrogen and oxygen atoms in total. The predicted molar refractivity (Wildman–Crippen MR) is 122 cm³/mol. The summed E-state index contributed by atoms with van der Waals surface area (Å²) in [6, 6.07) is 25.0. The van der Waals surface area contributed by atoms with Gasteiger partial charge in [0.05, 0.1) is 33.5 Å². The Balaban J connectivity index is 1.37. The highest BCUT2D eigenvalue weighted by molar-refractivity contribution is 5.46. The van der Waals surface area contributed by atoms with Crippen molar-refractivity contribution in [2.45, 2.75) is 12.0 Å². The number of hydrogen-bond acceptors (Lipinski definition) is 5. The Bertz CT molecular complexity index is 990. The first-order valence-corrected chi connectivity index (χ1v) is 11.1. The van der Waals surface area contributed by atoms with Crippen molar-refractivity contribution in [3.05, 3.63) is 89.5 Å². The molecular weight excluding hydrogens is 404 g/mol. The van der Waals surface area contributed by atoms with Gasteiger partial charge in [-0.05, 0) is 53.1 Å². The van der Waals surface area contributed by atoms with Gasteiger partial charge in [0.25, 0.3) is 0 Å². The molecule has 0 radical (unpaired) electrons. The van der Waals surface area contributed by atoms with Gasteiger partial charge in [-0.15, -0.1) is 0 Å². The zero-order valence-electron chi connectivity index (χ0n) is 18.2. The van der Waals surface area contributed by atoms with Crippen LogP contribution in [0.15, 0.2) is 72.8 Å². The lowest BCUT2D eigenvalue weighted by Gasteiger charge is -2.26. The van der Waals surface area contributed by atoms with Gasteiger partial charge in [-0.1, -0.05) is 36.4 Å². The normalized spacial score (nSPS) is 18.5. The summed E-state index contributed by atoms with van der Waals surface area (Å²) in [6.45, 7) is 3.70. The van der Waals surface area contributed by atoms with Crippen molar-refractivity contribution in [2.24, 2.45) is 5.92 Å². The molecule has 2 unspecified atom stereocenters.